The first-order chi connectivity index (χ1) is 13.8. The van der Waals surface area contributed by atoms with E-state index in [9.17, 15) is 4.79 Å². The number of nitrogens with zero attached hydrogens (tertiary/aromatic N) is 1. The molecule has 0 radical (unpaired) electrons. The standard InChI is InChI=1S/C23H38N4O2/c1-6-24-21(26-17-23(11-8-12-23)13-14-29-5)25-16-18-9-7-10-19(15-18)20(28)27-22(2,3)4/h7,9-10,15H,6,8,11-14,16-17H2,1-5H3,(H,27,28)(H2,24,25,26). The van der Waals surface area contributed by atoms with Gasteiger partial charge in [-0.3, -0.25) is 4.79 Å². The molecule has 0 unspecified atom stereocenters. The fraction of sp³-hybridized carbons (Fsp3) is 0.652. The highest BCUT2D eigenvalue weighted by molar-refractivity contribution is 5.94. The fourth-order valence-electron chi connectivity index (χ4n) is 3.52. The number of nitrogens with one attached hydrogen (secondary N) is 3. The molecule has 6 heteroatoms. The highest BCUT2D eigenvalue weighted by Crippen LogP contribution is 2.43. The Labute approximate surface area is 175 Å². The second kappa shape index (κ2) is 10.6. The molecule has 1 fully saturated rings. The first-order valence-electron chi connectivity index (χ1n) is 10.7. The van der Waals surface area contributed by atoms with Gasteiger partial charge in [0.05, 0.1) is 6.54 Å². The van der Waals surface area contributed by atoms with Crippen LogP contribution >= 0.6 is 0 Å². The molecule has 1 aliphatic carbocycles. The predicted molar refractivity (Wildman–Crippen MR) is 119 cm³/mol. The number of aliphatic imine (C=N–C) groups is 1. The van der Waals surface area contributed by atoms with Crippen molar-refractivity contribution in [2.75, 3.05) is 26.8 Å². The fourth-order valence-corrected chi connectivity index (χ4v) is 3.52. The van der Waals surface area contributed by atoms with E-state index in [1.807, 2.05) is 45.0 Å². The smallest absolute Gasteiger partial charge is 0.251 e. The van der Waals surface area contributed by atoms with Gasteiger partial charge >= 0.3 is 0 Å². The van der Waals surface area contributed by atoms with E-state index in [-0.39, 0.29) is 11.4 Å². The Kier molecular flexibility index (Phi) is 8.50. The van der Waals surface area contributed by atoms with E-state index in [0.717, 1.165) is 37.6 Å². The Bertz CT molecular complexity index is 690. The minimum atomic E-state index is -0.256. The van der Waals surface area contributed by atoms with Gasteiger partial charge < -0.3 is 20.7 Å². The largest absolute Gasteiger partial charge is 0.385 e. The summed E-state index contributed by atoms with van der Waals surface area (Å²) in [5.74, 6) is 0.763. The molecule has 1 amide bonds. The number of hydrogen-bond acceptors (Lipinski definition) is 3. The number of guanidine groups is 1. The lowest BCUT2D eigenvalue weighted by molar-refractivity contribution is 0.0732. The van der Waals surface area contributed by atoms with Crippen molar-refractivity contribution >= 4 is 11.9 Å². The number of carbonyl (C=O) groups excluding carboxylic acids is 1. The first kappa shape index (κ1) is 23.2. The summed E-state index contributed by atoms with van der Waals surface area (Å²) in [5, 5.41) is 9.85. The molecule has 1 aliphatic rings. The molecule has 2 rings (SSSR count). The summed E-state index contributed by atoms with van der Waals surface area (Å²) in [7, 11) is 1.77. The van der Waals surface area contributed by atoms with Gasteiger partial charge in [0.15, 0.2) is 5.96 Å². The number of methoxy groups -OCH3 is 1. The van der Waals surface area contributed by atoms with Crippen LogP contribution in [0.1, 0.15) is 69.3 Å². The zero-order chi connectivity index (χ0) is 21.3. The quantitative estimate of drug-likeness (QED) is 0.437. The van der Waals surface area contributed by atoms with Gasteiger partial charge in [-0.05, 0) is 70.1 Å². The van der Waals surface area contributed by atoms with E-state index in [2.05, 4.69) is 22.9 Å². The SMILES string of the molecule is CCNC(=NCc1cccc(C(=O)NC(C)(C)C)c1)NCC1(CCOC)CCC1. The summed E-state index contributed by atoms with van der Waals surface area (Å²) in [5.41, 5.74) is 1.75. The Hall–Kier alpha value is -2.08. The van der Waals surface area contributed by atoms with Crippen LogP contribution in [0, 0.1) is 5.41 Å². The van der Waals surface area contributed by atoms with Crippen molar-refractivity contribution in [3.05, 3.63) is 35.4 Å². The summed E-state index contributed by atoms with van der Waals surface area (Å²) < 4.78 is 5.29. The molecule has 0 atom stereocenters. The molecule has 1 aromatic rings. The summed E-state index contributed by atoms with van der Waals surface area (Å²) in [4.78, 5) is 17.1. The summed E-state index contributed by atoms with van der Waals surface area (Å²) >= 11 is 0. The van der Waals surface area contributed by atoms with Crippen LogP contribution in [0.2, 0.25) is 0 Å². The molecule has 29 heavy (non-hydrogen) atoms. The average molecular weight is 403 g/mol. The van der Waals surface area contributed by atoms with Gasteiger partial charge in [0.2, 0.25) is 0 Å². The van der Waals surface area contributed by atoms with Crippen molar-refractivity contribution in [3.8, 4) is 0 Å². The molecule has 0 aliphatic heterocycles. The minimum absolute atomic E-state index is 0.0570. The van der Waals surface area contributed by atoms with E-state index >= 15 is 0 Å². The number of benzene rings is 1. The molecule has 0 bridgehead atoms. The van der Waals surface area contributed by atoms with Gasteiger partial charge in [-0.25, -0.2) is 4.99 Å². The molecule has 0 spiro atoms. The molecule has 1 saturated carbocycles. The number of hydrogen-bond donors (Lipinski definition) is 3. The van der Waals surface area contributed by atoms with E-state index in [1.165, 1.54) is 19.3 Å². The van der Waals surface area contributed by atoms with Crippen LogP contribution in [0.4, 0.5) is 0 Å². The molecule has 1 aromatic carbocycles. The van der Waals surface area contributed by atoms with Crippen LogP contribution in [0.3, 0.4) is 0 Å². The van der Waals surface area contributed by atoms with Crippen molar-refractivity contribution < 1.29 is 9.53 Å². The summed E-state index contributed by atoms with van der Waals surface area (Å²) in [6, 6.07) is 7.68. The molecule has 0 heterocycles. The van der Waals surface area contributed by atoms with Gasteiger partial charge in [-0.1, -0.05) is 18.6 Å². The zero-order valence-corrected chi connectivity index (χ0v) is 18.7. The van der Waals surface area contributed by atoms with E-state index in [4.69, 9.17) is 9.73 Å². The number of amides is 1. The molecular weight excluding hydrogens is 364 g/mol. The molecule has 162 valence electrons. The van der Waals surface area contributed by atoms with Crippen molar-refractivity contribution in [1.82, 2.24) is 16.0 Å². The Morgan fingerprint density at radius 1 is 1.24 bits per heavy atom. The molecule has 0 saturated heterocycles. The van der Waals surface area contributed by atoms with Crippen molar-refractivity contribution in [1.29, 1.82) is 0 Å². The maximum atomic E-state index is 12.4. The monoisotopic (exact) mass is 402 g/mol. The summed E-state index contributed by atoms with van der Waals surface area (Å²) in [6.07, 6.45) is 4.87. The van der Waals surface area contributed by atoms with Gasteiger partial charge in [0.1, 0.15) is 0 Å². The van der Waals surface area contributed by atoms with Gasteiger partial charge in [0.25, 0.3) is 5.91 Å². The first-order valence-corrected chi connectivity index (χ1v) is 10.7. The molecule has 3 N–H and O–H groups in total. The van der Waals surface area contributed by atoms with Crippen LogP contribution in [0.25, 0.3) is 0 Å². The van der Waals surface area contributed by atoms with Crippen LogP contribution in [0.5, 0.6) is 0 Å². The topological polar surface area (TPSA) is 74.8 Å². The summed E-state index contributed by atoms with van der Waals surface area (Å²) in [6.45, 7) is 11.1. The second-order valence-corrected chi connectivity index (χ2v) is 9.05. The van der Waals surface area contributed by atoms with Crippen LogP contribution in [0.15, 0.2) is 29.3 Å². The third-order valence-electron chi connectivity index (χ3n) is 5.32. The van der Waals surface area contributed by atoms with Gasteiger partial charge in [-0.2, -0.15) is 0 Å². The van der Waals surface area contributed by atoms with Crippen LogP contribution < -0.4 is 16.0 Å². The maximum Gasteiger partial charge on any atom is 0.251 e. The zero-order valence-electron chi connectivity index (χ0n) is 18.7. The lowest BCUT2D eigenvalue weighted by Gasteiger charge is -2.42. The van der Waals surface area contributed by atoms with Crippen LogP contribution in [-0.4, -0.2) is 44.2 Å². The highest BCUT2D eigenvalue weighted by atomic mass is 16.5. The van der Waals surface area contributed by atoms with E-state index in [1.54, 1.807) is 7.11 Å². The average Bonchev–Trinajstić information content (AvgIpc) is 2.63. The van der Waals surface area contributed by atoms with E-state index in [0.29, 0.717) is 17.5 Å². The van der Waals surface area contributed by atoms with Crippen LogP contribution in [-0.2, 0) is 11.3 Å². The lowest BCUT2D eigenvalue weighted by Crippen LogP contribution is -2.47. The van der Waals surface area contributed by atoms with Gasteiger partial charge in [0, 0.05) is 37.9 Å². The third kappa shape index (κ3) is 7.69. The third-order valence-corrected chi connectivity index (χ3v) is 5.32. The molecular formula is C23H38N4O2. The van der Waals surface area contributed by atoms with E-state index < -0.39 is 0 Å². The Morgan fingerprint density at radius 2 is 2.00 bits per heavy atom. The Balaban J connectivity index is 1.99. The highest BCUT2D eigenvalue weighted by Gasteiger charge is 2.36. The predicted octanol–water partition coefficient (Wildman–Crippen LogP) is 3.48. The molecule has 6 nitrogen and oxygen atoms in total. The second-order valence-electron chi connectivity index (χ2n) is 9.05. The number of ether oxygens (including phenoxy) is 1. The lowest BCUT2D eigenvalue weighted by atomic mass is 9.67. The number of carbonyl (C=O) groups is 1. The van der Waals surface area contributed by atoms with Gasteiger partial charge in [-0.15, -0.1) is 0 Å². The van der Waals surface area contributed by atoms with Crippen molar-refractivity contribution in [3.63, 3.8) is 0 Å². The number of rotatable bonds is 9. The normalized spacial score (nSPS) is 16.1. The minimum Gasteiger partial charge on any atom is -0.385 e. The Morgan fingerprint density at radius 3 is 2.59 bits per heavy atom. The maximum absolute atomic E-state index is 12.4. The molecule has 0 aromatic heterocycles. The van der Waals surface area contributed by atoms with Crippen molar-refractivity contribution in [2.45, 2.75) is 65.5 Å². The van der Waals surface area contributed by atoms with Crippen molar-refractivity contribution in [2.24, 2.45) is 10.4 Å².